The molecule has 21 heavy (non-hydrogen) atoms. The largest absolute Gasteiger partial charge is 0.508 e. The third kappa shape index (κ3) is 3.95. The summed E-state index contributed by atoms with van der Waals surface area (Å²) in [6.07, 6.45) is 1.36. The lowest BCUT2D eigenvalue weighted by Crippen LogP contribution is -2.48. The number of hydrogen-bond donors (Lipinski definition) is 3. The minimum atomic E-state index is -0.796. The number of carboxylic acids is 1. The van der Waals surface area contributed by atoms with Crippen LogP contribution in [0.4, 0.5) is 0 Å². The van der Waals surface area contributed by atoms with Gasteiger partial charge in [-0.15, -0.1) is 0 Å². The van der Waals surface area contributed by atoms with E-state index in [-0.39, 0.29) is 17.6 Å². The summed E-state index contributed by atoms with van der Waals surface area (Å²) >= 11 is 0. The minimum absolute atomic E-state index is 0.146. The van der Waals surface area contributed by atoms with E-state index < -0.39 is 12.0 Å². The first kappa shape index (κ1) is 15.3. The Bertz CT molecular complexity index is 507. The van der Waals surface area contributed by atoms with Gasteiger partial charge in [-0.1, -0.05) is 12.1 Å². The van der Waals surface area contributed by atoms with Gasteiger partial charge in [0.15, 0.2) is 0 Å². The maximum absolute atomic E-state index is 12.3. The molecule has 0 bridgehead atoms. The van der Waals surface area contributed by atoms with Crippen molar-refractivity contribution >= 4 is 11.9 Å². The predicted molar refractivity (Wildman–Crippen MR) is 76.7 cm³/mol. The van der Waals surface area contributed by atoms with Gasteiger partial charge in [-0.2, -0.15) is 0 Å². The monoisotopic (exact) mass is 292 g/mol. The van der Waals surface area contributed by atoms with E-state index in [1.165, 1.54) is 0 Å². The second-order valence-electron chi connectivity index (χ2n) is 5.41. The second kappa shape index (κ2) is 6.58. The lowest BCUT2D eigenvalue weighted by atomic mass is 9.96. The maximum Gasteiger partial charge on any atom is 0.306 e. The SMILES string of the molecule is N[C@H](Cc1ccc(O)cc1)C(=O)N1CCC(C(=O)O)CC1. The number of nitrogens with zero attached hydrogens (tertiary/aromatic N) is 1. The van der Waals surface area contributed by atoms with Gasteiger partial charge < -0.3 is 20.8 Å². The molecule has 1 saturated heterocycles. The van der Waals surface area contributed by atoms with Crippen LogP contribution >= 0.6 is 0 Å². The molecule has 2 rings (SSSR count). The molecule has 114 valence electrons. The summed E-state index contributed by atoms with van der Waals surface area (Å²) < 4.78 is 0. The van der Waals surface area contributed by atoms with Gasteiger partial charge in [-0.3, -0.25) is 9.59 Å². The number of carboxylic acid groups (broad SMARTS) is 1. The smallest absolute Gasteiger partial charge is 0.306 e. The van der Waals surface area contributed by atoms with Crippen molar-refractivity contribution < 1.29 is 19.8 Å². The minimum Gasteiger partial charge on any atom is -0.508 e. The molecule has 1 aromatic rings. The fraction of sp³-hybridized carbons (Fsp3) is 0.467. The molecule has 6 nitrogen and oxygen atoms in total. The molecule has 0 aliphatic carbocycles. The molecule has 0 radical (unpaired) electrons. The Morgan fingerprint density at radius 1 is 1.24 bits per heavy atom. The molecule has 6 heteroatoms. The quantitative estimate of drug-likeness (QED) is 0.753. The van der Waals surface area contributed by atoms with Crippen molar-refractivity contribution in [2.24, 2.45) is 11.7 Å². The summed E-state index contributed by atoms with van der Waals surface area (Å²) in [5, 5.41) is 18.2. The number of aliphatic carboxylic acids is 1. The van der Waals surface area contributed by atoms with Crippen molar-refractivity contribution in [3.05, 3.63) is 29.8 Å². The Balaban J connectivity index is 1.88. The Morgan fingerprint density at radius 2 is 1.81 bits per heavy atom. The Morgan fingerprint density at radius 3 is 2.33 bits per heavy atom. The number of hydrogen-bond acceptors (Lipinski definition) is 4. The van der Waals surface area contributed by atoms with Crippen LogP contribution in [0, 0.1) is 5.92 Å². The normalized spacial score (nSPS) is 17.5. The topological polar surface area (TPSA) is 104 Å². The van der Waals surface area contributed by atoms with E-state index in [9.17, 15) is 14.7 Å². The molecular formula is C15H20N2O4. The molecule has 1 fully saturated rings. The number of rotatable bonds is 4. The number of likely N-dealkylation sites (tertiary alicyclic amines) is 1. The molecule has 1 atom stereocenters. The van der Waals surface area contributed by atoms with Gasteiger partial charge in [0.05, 0.1) is 12.0 Å². The highest BCUT2D eigenvalue weighted by molar-refractivity contribution is 5.82. The van der Waals surface area contributed by atoms with Crippen molar-refractivity contribution in [3.63, 3.8) is 0 Å². The molecule has 1 aliphatic heterocycles. The lowest BCUT2D eigenvalue weighted by Gasteiger charge is -2.32. The number of carbonyl (C=O) groups excluding carboxylic acids is 1. The zero-order chi connectivity index (χ0) is 15.4. The molecule has 0 spiro atoms. The van der Waals surface area contributed by atoms with Gasteiger partial charge in [0.1, 0.15) is 5.75 Å². The fourth-order valence-corrected chi connectivity index (χ4v) is 2.55. The number of aromatic hydroxyl groups is 1. The standard InChI is InChI=1S/C15H20N2O4/c16-13(9-10-1-3-12(18)4-2-10)14(19)17-7-5-11(6-8-17)15(20)21/h1-4,11,13,18H,5-9,16H2,(H,20,21)/t13-/m1/s1. The summed E-state index contributed by atoms with van der Waals surface area (Å²) in [5.41, 5.74) is 6.83. The molecule has 0 unspecified atom stereocenters. The molecule has 0 aromatic heterocycles. The third-order valence-electron chi connectivity index (χ3n) is 3.87. The van der Waals surface area contributed by atoms with Crippen LogP contribution in [-0.2, 0) is 16.0 Å². The predicted octanol–water partition coefficient (Wildman–Crippen LogP) is 0.585. The van der Waals surface area contributed by atoms with E-state index >= 15 is 0 Å². The van der Waals surface area contributed by atoms with Gasteiger partial charge in [-0.05, 0) is 37.0 Å². The number of phenolic OH excluding ortho intramolecular Hbond substituents is 1. The van der Waals surface area contributed by atoms with Crippen molar-refractivity contribution in [1.82, 2.24) is 4.90 Å². The first-order valence-electron chi connectivity index (χ1n) is 7.02. The molecule has 1 aromatic carbocycles. The molecule has 1 aliphatic rings. The van der Waals surface area contributed by atoms with E-state index in [0.29, 0.717) is 32.4 Å². The van der Waals surface area contributed by atoms with Gasteiger partial charge in [0.25, 0.3) is 0 Å². The van der Waals surface area contributed by atoms with E-state index in [1.54, 1.807) is 29.2 Å². The van der Waals surface area contributed by atoms with Gasteiger partial charge in [-0.25, -0.2) is 0 Å². The first-order chi connectivity index (χ1) is 9.97. The van der Waals surface area contributed by atoms with Crippen molar-refractivity contribution in [1.29, 1.82) is 0 Å². The average Bonchev–Trinajstić information content (AvgIpc) is 2.49. The highest BCUT2D eigenvalue weighted by Crippen LogP contribution is 2.18. The Kier molecular flexibility index (Phi) is 4.80. The van der Waals surface area contributed by atoms with Gasteiger partial charge in [0, 0.05) is 13.1 Å². The van der Waals surface area contributed by atoms with Crippen LogP contribution in [0.1, 0.15) is 18.4 Å². The molecule has 1 amide bonds. The van der Waals surface area contributed by atoms with Crippen LogP contribution < -0.4 is 5.73 Å². The van der Waals surface area contributed by atoms with E-state index in [2.05, 4.69) is 0 Å². The number of nitrogens with two attached hydrogens (primary N) is 1. The van der Waals surface area contributed by atoms with Crippen LogP contribution in [0.5, 0.6) is 5.75 Å². The maximum atomic E-state index is 12.3. The number of benzene rings is 1. The van der Waals surface area contributed by atoms with Crippen LogP contribution in [0.15, 0.2) is 24.3 Å². The summed E-state index contributed by atoms with van der Waals surface area (Å²) in [4.78, 5) is 24.8. The second-order valence-corrected chi connectivity index (χ2v) is 5.41. The fourth-order valence-electron chi connectivity index (χ4n) is 2.55. The first-order valence-corrected chi connectivity index (χ1v) is 7.02. The summed E-state index contributed by atoms with van der Waals surface area (Å²) in [6.45, 7) is 0.887. The molecule has 1 heterocycles. The van der Waals surface area contributed by atoms with E-state index in [0.717, 1.165) is 5.56 Å². The van der Waals surface area contributed by atoms with Crippen molar-refractivity contribution in [2.45, 2.75) is 25.3 Å². The van der Waals surface area contributed by atoms with E-state index in [1.807, 2.05) is 0 Å². The number of carbonyl (C=O) groups is 2. The highest BCUT2D eigenvalue weighted by Gasteiger charge is 2.29. The Labute approximate surface area is 123 Å². The zero-order valence-corrected chi connectivity index (χ0v) is 11.7. The van der Waals surface area contributed by atoms with E-state index in [4.69, 9.17) is 10.8 Å². The van der Waals surface area contributed by atoms with Crippen molar-refractivity contribution in [3.8, 4) is 5.75 Å². The van der Waals surface area contributed by atoms with Gasteiger partial charge >= 0.3 is 5.97 Å². The molecule has 0 saturated carbocycles. The van der Waals surface area contributed by atoms with Crippen LogP contribution in [0.25, 0.3) is 0 Å². The summed E-state index contributed by atoms with van der Waals surface area (Å²) in [7, 11) is 0. The van der Waals surface area contributed by atoms with Gasteiger partial charge in [0.2, 0.25) is 5.91 Å². The number of phenols is 1. The lowest BCUT2D eigenvalue weighted by molar-refractivity contribution is -0.146. The van der Waals surface area contributed by atoms with Crippen molar-refractivity contribution in [2.75, 3.05) is 13.1 Å². The number of piperidine rings is 1. The molecular weight excluding hydrogens is 272 g/mol. The van der Waals surface area contributed by atoms with Crippen LogP contribution in [0.3, 0.4) is 0 Å². The third-order valence-corrected chi connectivity index (χ3v) is 3.87. The van der Waals surface area contributed by atoms with Crippen LogP contribution in [-0.4, -0.2) is 46.1 Å². The zero-order valence-electron chi connectivity index (χ0n) is 11.7. The summed E-state index contributed by atoms with van der Waals surface area (Å²) in [5.74, 6) is -1.13. The average molecular weight is 292 g/mol. The Hall–Kier alpha value is -2.08. The van der Waals surface area contributed by atoms with Crippen LogP contribution in [0.2, 0.25) is 0 Å². The summed E-state index contributed by atoms with van der Waals surface area (Å²) in [6, 6.07) is 5.95. The highest BCUT2D eigenvalue weighted by atomic mass is 16.4. The molecule has 4 N–H and O–H groups in total. The number of amides is 1.